The summed E-state index contributed by atoms with van der Waals surface area (Å²) in [6, 6.07) is 6.30. The molecule has 0 atom stereocenters. The predicted octanol–water partition coefficient (Wildman–Crippen LogP) is 4.36. The van der Waals surface area contributed by atoms with Gasteiger partial charge in [0.25, 0.3) is 0 Å². The topological polar surface area (TPSA) is 4.93 Å². The summed E-state index contributed by atoms with van der Waals surface area (Å²) >= 11 is 5.71. The SMILES string of the molecule is Cn1cc(-c2ccc(Cl)cc2)c(C(F)(F)F)c1. The molecule has 0 amide bonds. The van der Waals surface area contributed by atoms with Crippen molar-refractivity contribution in [3.8, 4) is 11.1 Å². The van der Waals surface area contributed by atoms with E-state index in [0.717, 1.165) is 6.20 Å². The highest BCUT2D eigenvalue weighted by molar-refractivity contribution is 6.30. The molecule has 0 N–H and O–H groups in total. The average molecular weight is 260 g/mol. The van der Waals surface area contributed by atoms with Gasteiger partial charge in [0.05, 0.1) is 5.56 Å². The highest BCUT2D eigenvalue weighted by Crippen LogP contribution is 2.37. The van der Waals surface area contributed by atoms with Crippen molar-refractivity contribution in [2.45, 2.75) is 6.18 Å². The van der Waals surface area contributed by atoms with Gasteiger partial charge in [0.2, 0.25) is 0 Å². The minimum Gasteiger partial charge on any atom is -0.356 e. The van der Waals surface area contributed by atoms with Gasteiger partial charge in [-0.1, -0.05) is 23.7 Å². The molecule has 0 fully saturated rings. The van der Waals surface area contributed by atoms with Crippen molar-refractivity contribution in [2.75, 3.05) is 0 Å². The molecule has 0 bridgehead atoms. The normalized spacial score (nSPS) is 11.8. The standard InChI is InChI=1S/C12H9ClF3N/c1-17-6-10(11(7-17)12(14,15)16)8-2-4-9(13)5-3-8/h2-7H,1H3. The maximum atomic E-state index is 12.8. The zero-order chi connectivity index (χ0) is 12.6. The fraction of sp³-hybridized carbons (Fsp3) is 0.167. The van der Waals surface area contributed by atoms with Crippen molar-refractivity contribution in [2.24, 2.45) is 7.05 Å². The predicted molar refractivity (Wildman–Crippen MR) is 60.9 cm³/mol. The van der Waals surface area contributed by atoms with Crippen LogP contribution in [0, 0.1) is 0 Å². The van der Waals surface area contributed by atoms with Gasteiger partial charge in [-0.05, 0) is 17.7 Å². The van der Waals surface area contributed by atoms with Crippen LogP contribution in [0.1, 0.15) is 5.56 Å². The fourth-order valence-corrected chi connectivity index (χ4v) is 1.79. The first-order valence-corrected chi connectivity index (χ1v) is 5.25. The Morgan fingerprint density at radius 2 is 1.65 bits per heavy atom. The number of rotatable bonds is 1. The molecule has 0 unspecified atom stereocenters. The average Bonchev–Trinajstić information content (AvgIpc) is 2.61. The van der Waals surface area contributed by atoms with Crippen molar-refractivity contribution in [1.82, 2.24) is 4.57 Å². The van der Waals surface area contributed by atoms with Crippen LogP contribution in [0.15, 0.2) is 36.7 Å². The molecule has 0 spiro atoms. The molecule has 1 heterocycles. The van der Waals surface area contributed by atoms with Gasteiger partial charge in [-0.3, -0.25) is 0 Å². The molecule has 2 aromatic rings. The largest absolute Gasteiger partial charge is 0.418 e. The number of hydrogen-bond acceptors (Lipinski definition) is 0. The van der Waals surface area contributed by atoms with Gasteiger partial charge < -0.3 is 4.57 Å². The molecule has 17 heavy (non-hydrogen) atoms. The van der Waals surface area contributed by atoms with E-state index in [-0.39, 0.29) is 5.56 Å². The quantitative estimate of drug-likeness (QED) is 0.717. The fourth-order valence-electron chi connectivity index (χ4n) is 1.67. The van der Waals surface area contributed by atoms with Gasteiger partial charge in [0.1, 0.15) is 0 Å². The van der Waals surface area contributed by atoms with Crippen LogP contribution in [0.25, 0.3) is 11.1 Å². The molecule has 0 aliphatic heterocycles. The van der Waals surface area contributed by atoms with Crippen LogP contribution in [-0.2, 0) is 13.2 Å². The number of aromatic nitrogens is 1. The number of nitrogens with zero attached hydrogens (tertiary/aromatic N) is 1. The monoisotopic (exact) mass is 259 g/mol. The second kappa shape index (κ2) is 4.11. The molecule has 0 saturated heterocycles. The summed E-state index contributed by atoms with van der Waals surface area (Å²) < 4.78 is 39.8. The second-order valence-electron chi connectivity index (χ2n) is 3.76. The summed E-state index contributed by atoms with van der Waals surface area (Å²) in [5, 5.41) is 0.498. The van der Waals surface area contributed by atoms with Crippen LogP contribution in [0.2, 0.25) is 5.02 Å². The van der Waals surface area contributed by atoms with Gasteiger partial charge in [-0.15, -0.1) is 0 Å². The van der Waals surface area contributed by atoms with Crippen molar-refractivity contribution < 1.29 is 13.2 Å². The first kappa shape index (κ1) is 12.0. The Balaban J connectivity index is 2.55. The van der Waals surface area contributed by atoms with Crippen molar-refractivity contribution in [3.63, 3.8) is 0 Å². The molecular formula is C12H9ClF3N. The van der Waals surface area contributed by atoms with Gasteiger partial charge in [-0.2, -0.15) is 13.2 Å². The van der Waals surface area contributed by atoms with E-state index in [0.29, 0.717) is 10.6 Å². The van der Waals surface area contributed by atoms with Crippen LogP contribution in [0.3, 0.4) is 0 Å². The Hall–Kier alpha value is -1.42. The zero-order valence-electron chi connectivity index (χ0n) is 8.92. The summed E-state index contributed by atoms with van der Waals surface area (Å²) in [6.45, 7) is 0. The number of benzene rings is 1. The van der Waals surface area contributed by atoms with Crippen LogP contribution < -0.4 is 0 Å². The Kier molecular flexibility index (Phi) is 2.91. The molecule has 5 heteroatoms. The molecule has 0 aliphatic rings. The van der Waals surface area contributed by atoms with E-state index < -0.39 is 11.7 Å². The number of halogens is 4. The zero-order valence-corrected chi connectivity index (χ0v) is 9.68. The molecule has 0 radical (unpaired) electrons. The number of hydrogen-bond donors (Lipinski definition) is 0. The lowest BCUT2D eigenvalue weighted by molar-refractivity contribution is -0.137. The summed E-state index contributed by atoms with van der Waals surface area (Å²) in [4.78, 5) is 0. The van der Waals surface area contributed by atoms with Gasteiger partial charge in [-0.25, -0.2) is 0 Å². The van der Waals surface area contributed by atoms with Crippen molar-refractivity contribution in [1.29, 1.82) is 0 Å². The number of alkyl halides is 3. The maximum absolute atomic E-state index is 12.8. The summed E-state index contributed by atoms with van der Waals surface area (Å²) in [5.41, 5.74) is 0.0290. The smallest absolute Gasteiger partial charge is 0.356 e. The van der Waals surface area contributed by atoms with Crippen LogP contribution in [-0.4, -0.2) is 4.57 Å². The molecule has 0 aliphatic carbocycles. The summed E-state index contributed by atoms with van der Waals surface area (Å²) in [5.74, 6) is 0. The van der Waals surface area contributed by atoms with E-state index in [1.165, 1.54) is 10.8 Å². The van der Waals surface area contributed by atoms with E-state index in [1.807, 2.05) is 0 Å². The number of aryl methyl sites for hydroxylation is 1. The third kappa shape index (κ3) is 2.47. The highest BCUT2D eigenvalue weighted by atomic mass is 35.5. The molecule has 1 aromatic heterocycles. The lowest BCUT2D eigenvalue weighted by Crippen LogP contribution is -2.04. The van der Waals surface area contributed by atoms with E-state index in [9.17, 15) is 13.2 Å². The third-order valence-corrected chi connectivity index (χ3v) is 2.67. The lowest BCUT2D eigenvalue weighted by atomic mass is 10.0. The molecule has 90 valence electrons. The van der Waals surface area contributed by atoms with Crippen LogP contribution in [0.5, 0.6) is 0 Å². The third-order valence-electron chi connectivity index (χ3n) is 2.42. The Labute approximate surface area is 101 Å². The molecule has 2 rings (SSSR count). The van der Waals surface area contributed by atoms with Gasteiger partial charge in [0, 0.05) is 30.0 Å². The summed E-state index contributed by atoms with van der Waals surface area (Å²) in [7, 11) is 1.56. The van der Waals surface area contributed by atoms with E-state index in [2.05, 4.69) is 0 Å². The van der Waals surface area contributed by atoms with Crippen LogP contribution in [0.4, 0.5) is 13.2 Å². The van der Waals surface area contributed by atoms with E-state index in [4.69, 9.17) is 11.6 Å². The second-order valence-corrected chi connectivity index (χ2v) is 4.19. The minimum absolute atomic E-state index is 0.164. The van der Waals surface area contributed by atoms with Gasteiger partial charge >= 0.3 is 6.18 Å². The Morgan fingerprint density at radius 1 is 1.06 bits per heavy atom. The van der Waals surface area contributed by atoms with E-state index in [1.54, 1.807) is 31.3 Å². The first-order valence-electron chi connectivity index (χ1n) is 4.87. The first-order chi connectivity index (χ1) is 7.88. The lowest BCUT2D eigenvalue weighted by Gasteiger charge is -2.07. The molecular weight excluding hydrogens is 251 g/mol. The van der Waals surface area contributed by atoms with Gasteiger partial charge in [0.15, 0.2) is 0 Å². The van der Waals surface area contributed by atoms with Crippen molar-refractivity contribution >= 4 is 11.6 Å². The maximum Gasteiger partial charge on any atom is 0.418 e. The Bertz CT molecular complexity index is 526. The molecule has 1 nitrogen and oxygen atoms in total. The minimum atomic E-state index is -4.35. The molecule has 1 aromatic carbocycles. The summed E-state index contributed by atoms with van der Waals surface area (Å²) in [6.07, 6.45) is -1.83. The van der Waals surface area contributed by atoms with Crippen LogP contribution >= 0.6 is 11.6 Å². The highest BCUT2D eigenvalue weighted by Gasteiger charge is 2.34. The molecule has 0 saturated carbocycles. The van der Waals surface area contributed by atoms with E-state index >= 15 is 0 Å². The Morgan fingerprint density at radius 3 is 2.18 bits per heavy atom. The van der Waals surface area contributed by atoms with Crippen molar-refractivity contribution in [3.05, 3.63) is 47.2 Å².